The smallest absolute Gasteiger partial charge is 0.111 e. The number of amidine groups is 1. The lowest BCUT2D eigenvalue weighted by Gasteiger charge is -2.39. The molecule has 3 aliphatic carbocycles. The van der Waals surface area contributed by atoms with E-state index in [4.69, 9.17) is 5.73 Å². The number of hydrogen-bond acceptors (Lipinski definition) is 1. The molecule has 0 atom stereocenters. The average molecular weight is 551 g/mol. The van der Waals surface area contributed by atoms with E-state index < -0.39 is 5.41 Å². The van der Waals surface area contributed by atoms with Gasteiger partial charge in [-0.25, -0.2) is 0 Å². The van der Waals surface area contributed by atoms with Crippen LogP contribution in [0.25, 0.3) is 33.4 Å². The van der Waals surface area contributed by atoms with E-state index >= 15 is 0 Å². The number of nitrogens with one attached hydrogen (secondary N) is 1. The highest BCUT2D eigenvalue weighted by atomic mass is 14.8. The van der Waals surface area contributed by atoms with Gasteiger partial charge in [0.1, 0.15) is 11.3 Å². The van der Waals surface area contributed by atoms with E-state index in [1.807, 2.05) is 0 Å². The predicted molar refractivity (Wildman–Crippen MR) is 176 cm³/mol. The van der Waals surface area contributed by atoms with Gasteiger partial charge in [-0.2, -0.15) is 0 Å². The quantitative estimate of drug-likeness (QED) is 0.129. The van der Waals surface area contributed by atoms with Crippen molar-refractivity contribution in [2.24, 2.45) is 5.73 Å². The van der Waals surface area contributed by atoms with Crippen LogP contribution in [0.5, 0.6) is 0 Å². The van der Waals surface area contributed by atoms with E-state index in [0.29, 0.717) is 0 Å². The van der Waals surface area contributed by atoms with Crippen molar-refractivity contribution in [1.29, 1.82) is 5.41 Å². The average Bonchev–Trinajstić information content (AvgIpc) is 3.73. The Kier molecular flexibility index (Phi) is 5.05. The molecule has 9 rings (SSSR count). The van der Waals surface area contributed by atoms with Crippen LogP contribution in [0.2, 0.25) is 0 Å². The molecule has 6 aromatic rings. The maximum Gasteiger partial charge on any atom is 0.111 e. The SMILES string of the molecule is N=C(N)C(c1cccc2c1Cc1ccccc1-2)(c1cccc2c1Cc1ccccc1-2)c1cccc2c1Cc1ccccc1-2. The summed E-state index contributed by atoms with van der Waals surface area (Å²) in [5, 5.41) is 9.66. The van der Waals surface area contributed by atoms with Crippen LogP contribution in [0.4, 0.5) is 0 Å². The second-order valence-corrected chi connectivity index (χ2v) is 12.2. The predicted octanol–water partition coefficient (Wildman–Crippen LogP) is 8.67. The minimum Gasteiger partial charge on any atom is -0.386 e. The molecule has 0 bridgehead atoms. The summed E-state index contributed by atoms with van der Waals surface area (Å²) in [6.07, 6.45) is 2.50. The number of benzene rings is 6. The molecule has 0 aromatic heterocycles. The first-order valence-corrected chi connectivity index (χ1v) is 15.1. The third kappa shape index (κ3) is 3.21. The highest BCUT2D eigenvalue weighted by Crippen LogP contribution is 2.53. The number of rotatable bonds is 4. The maximum atomic E-state index is 9.66. The van der Waals surface area contributed by atoms with Crippen LogP contribution in [0, 0.1) is 5.41 Å². The van der Waals surface area contributed by atoms with Gasteiger partial charge in [0.2, 0.25) is 0 Å². The van der Waals surface area contributed by atoms with Gasteiger partial charge >= 0.3 is 0 Å². The molecule has 0 unspecified atom stereocenters. The second kappa shape index (κ2) is 8.89. The monoisotopic (exact) mass is 550 g/mol. The van der Waals surface area contributed by atoms with E-state index in [9.17, 15) is 5.41 Å². The van der Waals surface area contributed by atoms with Crippen molar-refractivity contribution in [3.63, 3.8) is 0 Å². The largest absolute Gasteiger partial charge is 0.386 e. The van der Waals surface area contributed by atoms with Crippen molar-refractivity contribution in [1.82, 2.24) is 0 Å². The van der Waals surface area contributed by atoms with Crippen LogP contribution in [0.3, 0.4) is 0 Å². The lowest BCUT2D eigenvalue weighted by molar-refractivity contribution is 0.780. The van der Waals surface area contributed by atoms with Gasteiger partial charge in [-0.05, 0) is 103 Å². The Morgan fingerprint density at radius 2 is 0.721 bits per heavy atom. The van der Waals surface area contributed by atoms with Gasteiger partial charge in [-0.1, -0.05) is 127 Å². The highest BCUT2D eigenvalue weighted by molar-refractivity contribution is 6.01. The zero-order chi connectivity index (χ0) is 28.7. The van der Waals surface area contributed by atoms with Gasteiger partial charge < -0.3 is 5.73 Å². The first kappa shape index (κ1) is 24.4. The maximum absolute atomic E-state index is 9.66. The molecular weight excluding hydrogens is 520 g/mol. The topological polar surface area (TPSA) is 49.9 Å². The number of hydrogen-bond donors (Lipinski definition) is 2. The third-order valence-corrected chi connectivity index (χ3v) is 10.2. The Labute approximate surface area is 252 Å². The summed E-state index contributed by atoms with van der Waals surface area (Å²) in [6, 6.07) is 46.1. The molecule has 2 nitrogen and oxygen atoms in total. The lowest BCUT2D eigenvalue weighted by Crippen LogP contribution is -2.45. The Morgan fingerprint density at radius 3 is 1.05 bits per heavy atom. The molecule has 0 aliphatic heterocycles. The van der Waals surface area contributed by atoms with Crippen LogP contribution in [0.15, 0.2) is 127 Å². The molecule has 0 heterocycles. The molecule has 0 spiro atoms. The fraction of sp³-hybridized carbons (Fsp3) is 0.0976. The molecule has 2 heteroatoms. The van der Waals surface area contributed by atoms with Crippen molar-refractivity contribution >= 4 is 5.84 Å². The summed E-state index contributed by atoms with van der Waals surface area (Å²) < 4.78 is 0. The molecule has 0 amide bonds. The van der Waals surface area contributed by atoms with E-state index in [0.717, 1.165) is 36.0 Å². The number of nitrogens with two attached hydrogens (primary N) is 1. The van der Waals surface area contributed by atoms with E-state index in [-0.39, 0.29) is 5.84 Å². The Balaban J connectivity index is 1.40. The molecule has 0 radical (unpaired) electrons. The zero-order valence-corrected chi connectivity index (χ0v) is 23.8. The molecule has 3 aliphatic rings. The van der Waals surface area contributed by atoms with E-state index in [1.165, 1.54) is 66.8 Å². The molecule has 6 aromatic carbocycles. The van der Waals surface area contributed by atoms with Gasteiger partial charge in [0.05, 0.1) is 0 Å². The Hall–Kier alpha value is -5.21. The molecule has 0 fully saturated rings. The van der Waals surface area contributed by atoms with Gasteiger partial charge in [0.15, 0.2) is 0 Å². The molecular formula is C41H30N2. The summed E-state index contributed by atoms with van der Waals surface area (Å²) in [7, 11) is 0. The van der Waals surface area contributed by atoms with E-state index in [2.05, 4.69) is 127 Å². The van der Waals surface area contributed by atoms with Crippen LogP contribution in [0.1, 0.15) is 50.1 Å². The van der Waals surface area contributed by atoms with Crippen LogP contribution >= 0.6 is 0 Å². The van der Waals surface area contributed by atoms with Gasteiger partial charge in [-0.15, -0.1) is 0 Å². The molecule has 43 heavy (non-hydrogen) atoms. The summed E-state index contributed by atoms with van der Waals surface area (Å²) in [5.74, 6) is 0.172. The van der Waals surface area contributed by atoms with Crippen molar-refractivity contribution in [3.8, 4) is 33.4 Å². The Bertz CT molecular complexity index is 1920. The zero-order valence-electron chi connectivity index (χ0n) is 23.8. The molecule has 0 saturated carbocycles. The van der Waals surface area contributed by atoms with Crippen molar-refractivity contribution in [2.75, 3.05) is 0 Å². The van der Waals surface area contributed by atoms with Crippen LogP contribution < -0.4 is 5.73 Å². The second-order valence-electron chi connectivity index (χ2n) is 12.2. The highest BCUT2D eigenvalue weighted by Gasteiger charge is 2.47. The minimum atomic E-state index is -0.950. The normalized spacial score (nSPS) is 13.5. The summed E-state index contributed by atoms with van der Waals surface area (Å²) in [5.41, 5.74) is 24.9. The first-order valence-electron chi connectivity index (χ1n) is 15.1. The molecule has 204 valence electrons. The summed E-state index contributed by atoms with van der Waals surface area (Å²) in [4.78, 5) is 0. The van der Waals surface area contributed by atoms with Crippen molar-refractivity contribution in [2.45, 2.75) is 24.7 Å². The first-order chi connectivity index (χ1) is 21.2. The van der Waals surface area contributed by atoms with Crippen LogP contribution in [-0.4, -0.2) is 5.84 Å². The van der Waals surface area contributed by atoms with Crippen molar-refractivity contribution in [3.05, 3.63) is 177 Å². The van der Waals surface area contributed by atoms with Crippen molar-refractivity contribution < 1.29 is 0 Å². The van der Waals surface area contributed by atoms with Gasteiger partial charge in [0, 0.05) is 0 Å². The fourth-order valence-corrected chi connectivity index (χ4v) is 8.40. The minimum absolute atomic E-state index is 0.172. The van der Waals surface area contributed by atoms with E-state index in [1.54, 1.807) is 0 Å². The standard InChI is InChI=1S/C41H30N2/c42-40(43)41(37-19-7-16-31-28-13-4-1-10-25(28)22-34(31)37,38-20-8-17-32-29-14-5-2-11-26(29)23-35(32)38)39-21-9-18-33-30-15-6-3-12-27(30)24-36(33)39/h1-21H,22-24H2,(H3,42,43). The lowest BCUT2D eigenvalue weighted by atomic mass is 9.63. The van der Waals surface area contributed by atoms with Crippen LogP contribution in [-0.2, 0) is 24.7 Å². The van der Waals surface area contributed by atoms with Gasteiger partial charge in [0.25, 0.3) is 0 Å². The third-order valence-electron chi connectivity index (χ3n) is 10.2. The summed E-state index contributed by atoms with van der Waals surface area (Å²) in [6.45, 7) is 0. The Morgan fingerprint density at radius 1 is 0.419 bits per heavy atom. The van der Waals surface area contributed by atoms with Gasteiger partial charge in [-0.3, -0.25) is 5.41 Å². The molecule has 3 N–H and O–H groups in total. The molecule has 0 saturated heterocycles. The summed E-state index contributed by atoms with van der Waals surface area (Å²) >= 11 is 0. The fourth-order valence-electron chi connectivity index (χ4n) is 8.40. The number of fused-ring (bicyclic) bond motifs is 9.